The Morgan fingerprint density at radius 1 is 1.55 bits per heavy atom. The maximum absolute atomic E-state index is 5.50. The molecule has 1 aromatic rings. The number of ether oxygens (including phenoxy) is 1. The molecule has 1 fully saturated rings. The number of morpholine rings is 1. The van der Waals surface area contributed by atoms with Crippen LogP contribution in [0.5, 0.6) is 0 Å². The minimum Gasteiger partial charge on any atom is -0.472 e. The SMILES string of the molecule is c1cc([C@H]2CNCCO2)co1. The molecule has 1 aliphatic rings. The fourth-order valence-corrected chi connectivity index (χ4v) is 1.24. The Balaban J connectivity index is 2.04. The van der Waals surface area contributed by atoms with Gasteiger partial charge in [0, 0.05) is 18.7 Å². The van der Waals surface area contributed by atoms with E-state index >= 15 is 0 Å². The maximum Gasteiger partial charge on any atom is 0.0980 e. The van der Waals surface area contributed by atoms with E-state index < -0.39 is 0 Å². The molecule has 0 aliphatic carbocycles. The molecule has 1 atom stereocenters. The minimum atomic E-state index is 0.183. The topological polar surface area (TPSA) is 34.4 Å². The highest BCUT2D eigenvalue weighted by molar-refractivity contribution is 5.10. The van der Waals surface area contributed by atoms with Crippen LogP contribution in [0.3, 0.4) is 0 Å². The fraction of sp³-hybridized carbons (Fsp3) is 0.500. The first-order valence-electron chi connectivity index (χ1n) is 3.81. The lowest BCUT2D eigenvalue weighted by Crippen LogP contribution is -2.33. The lowest BCUT2D eigenvalue weighted by Gasteiger charge is -2.22. The molecule has 0 bridgehead atoms. The van der Waals surface area contributed by atoms with Gasteiger partial charge >= 0.3 is 0 Å². The van der Waals surface area contributed by atoms with Crippen LogP contribution in [0.2, 0.25) is 0 Å². The van der Waals surface area contributed by atoms with Gasteiger partial charge in [-0.3, -0.25) is 0 Å². The fourth-order valence-electron chi connectivity index (χ4n) is 1.24. The summed E-state index contributed by atoms with van der Waals surface area (Å²) in [5, 5.41) is 3.26. The number of furan rings is 1. The number of rotatable bonds is 1. The van der Waals surface area contributed by atoms with Gasteiger partial charge in [-0.05, 0) is 6.07 Å². The smallest absolute Gasteiger partial charge is 0.0980 e. The van der Waals surface area contributed by atoms with Gasteiger partial charge in [-0.2, -0.15) is 0 Å². The van der Waals surface area contributed by atoms with Gasteiger partial charge < -0.3 is 14.5 Å². The first-order valence-corrected chi connectivity index (χ1v) is 3.81. The van der Waals surface area contributed by atoms with Crippen LogP contribution in [0.1, 0.15) is 11.7 Å². The molecule has 3 nitrogen and oxygen atoms in total. The molecule has 0 aromatic carbocycles. The quantitative estimate of drug-likeness (QED) is 0.652. The second-order valence-electron chi connectivity index (χ2n) is 2.62. The molecule has 60 valence electrons. The summed E-state index contributed by atoms with van der Waals surface area (Å²) in [5.41, 5.74) is 1.12. The molecule has 2 heterocycles. The van der Waals surface area contributed by atoms with Gasteiger partial charge in [0.1, 0.15) is 0 Å². The van der Waals surface area contributed by atoms with E-state index in [1.54, 1.807) is 12.5 Å². The molecule has 1 aliphatic heterocycles. The van der Waals surface area contributed by atoms with Crippen molar-refractivity contribution in [3.8, 4) is 0 Å². The Morgan fingerprint density at radius 2 is 2.55 bits per heavy atom. The van der Waals surface area contributed by atoms with Gasteiger partial charge in [-0.1, -0.05) is 0 Å². The predicted molar refractivity (Wildman–Crippen MR) is 40.3 cm³/mol. The molecule has 2 rings (SSSR count). The lowest BCUT2D eigenvalue weighted by molar-refractivity contribution is 0.0273. The van der Waals surface area contributed by atoms with Crippen molar-refractivity contribution >= 4 is 0 Å². The van der Waals surface area contributed by atoms with Crippen molar-refractivity contribution in [1.29, 1.82) is 0 Å². The van der Waals surface area contributed by atoms with E-state index in [4.69, 9.17) is 9.15 Å². The van der Waals surface area contributed by atoms with Gasteiger partial charge in [-0.25, -0.2) is 0 Å². The predicted octanol–water partition coefficient (Wildman–Crippen LogP) is 0.940. The first kappa shape index (κ1) is 6.88. The summed E-state index contributed by atoms with van der Waals surface area (Å²) in [7, 11) is 0. The highest BCUT2D eigenvalue weighted by Crippen LogP contribution is 2.18. The number of hydrogen-bond acceptors (Lipinski definition) is 3. The van der Waals surface area contributed by atoms with E-state index in [-0.39, 0.29) is 6.10 Å². The molecule has 1 N–H and O–H groups in total. The van der Waals surface area contributed by atoms with Crippen LogP contribution in [-0.4, -0.2) is 19.7 Å². The summed E-state index contributed by atoms with van der Waals surface area (Å²) >= 11 is 0. The molecule has 3 heteroatoms. The van der Waals surface area contributed by atoms with Gasteiger partial charge in [0.25, 0.3) is 0 Å². The Kier molecular flexibility index (Phi) is 1.92. The number of hydrogen-bond donors (Lipinski definition) is 1. The largest absolute Gasteiger partial charge is 0.472 e. The summed E-state index contributed by atoms with van der Waals surface area (Å²) in [6.07, 6.45) is 3.59. The zero-order chi connectivity index (χ0) is 7.52. The molecule has 0 unspecified atom stereocenters. The van der Waals surface area contributed by atoms with E-state index in [9.17, 15) is 0 Å². The van der Waals surface area contributed by atoms with Crippen LogP contribution in [0.25, 0.3) is 0 Å². The monoisotopic (exact) mass is 153 g/mol. The standard InChI is InChI=1S/C8H11NO2/c1-3-10-6-7(1)8-5-9-2-4-11-8/h1,3,6,8-9H,2,4-5H2/t8-/m1/s1. The Bertz CT molecular complexity index is 202. The second kappa shape index (κ2) is 3.07. The van der Waals surface area contributed by atoms with Crippen LogP contribution in [0.4, 0.5) is 0 Å². The van der Waals surface area contributed by atoms with Crippen LogP contribution in [0, 0.1) is 0 Å². The molecule has 0 spiro atoms. The van der Waals surface area contributed by atoms with Crippen LogP contribution >= 0.6 is 0 Å². The molecule has 1 aromatic heterocycles. The summed E-state index contributed by atoms with van der Waals surface area (Å²) in [6, 6.07) is 1.94. The van der Waals surface area contributed by atoms with Crippen molar-refractivity contribution in [3.05, 3.63) is 24.2 Å². The van der Waals surface area contributed by atoms with Crippen LogP contribution in [-0.2, 0) is 4.74 Å². The van der Waals surface area contributed by atoms with Crippen molar-refractivity contribution in [2.45, 2.75) is 6.10 Å². The lowest BCUT2D eigenvalue weighted by atomic mass is 10.2. The van der Waals surface area contributed by atoms with Gasteiger partial charge in [-0.15, -0.1) is 0 Å². The molecule has 0 radical (unpaired) electrons. The highest BCUT2D eigenvalue weighted by atomic mass is 16.5. The molecular formula is C8H11NO2. The highest BCUT2D eigenvalue weighted by Gasteiger charge is 2.15. The summed E-state index contributed by atoms with van der Waals surface area (Å²) in [5.74, 6) is 0. The minimum absolute atomic E-state index is 0.183. The van der Waals surface area contributed by atoms with Crippen LogP contribution < -0.4 is 5.32 Å². The van der Waals surface area contributed by atoms with Gasteiger partial charge in [0.15, 0.2) is 0 Å². The molecule has 11 heavy (non-hydrogen) atoms. The molecule has 0 saturated carbocycles. The summed E-state index contributed by atoms with van der Waals surface area (Å²) < 4.78 is 10.5. The van der Waals surface area contributed by atoms with E-state index in [1.807, 2.05) is 6.07 Å². The third-order valence-corrected chi connectivity index (χ3v) is 1.84. The van der Waals surface area contributed by atoms with E-state index in [0.717, 1.165) is 25.3 Å². The zero-order valence-corrected chi connectivity index (χ0v) is 6.25. The van der Waals surface area contributed by atoms with Crippen molar-refractivity contribution in [2.24, 2.45) is 0 Å². The van der Waals surface area contributed by atoms with E-state index in [0.29, 0.717) is 0 Å². The summed E-state index contributed by atoms with van der Waals surface area (Å²) in [6.45, 7) is 2.63. The maximum atomic E-state index is 5.50. The number of nitrogens with one attached hydrogen (secondary N) is 1. The normalized spacial score (nSPS) is 25.3. The van der Waals surface area contributed by atoms with Crippen LogP contribution in [0.15, 0.2) is 23.0 Å². The van der Waals surface area contributed by atoms with E-state index in [1.165, 1.54) is 0 Å². The Labute approximate surface area is 65.3 Å². The van der Waals surface area contributed by atoms with Crippen molar-refractivity contribution in [2.75, 3.05) is 19.7 Å². The van der Waals surface area contributed by atoms with Crippen molar-refractivity contribution < 1.29 is 9.15 Å². The first-order chi connectivity index (χ1) is 5.47. The second-order valence-corrected chi connectivity index (χ2v) is 2.62. The molecule has 1 saturated heterocycles. The average molecular weight is 153 g/mol. The van der Waals surface area contributed by atoms with Gasteiger partial charge in [0.05, 0.1) is 25.2 Å². The third kappa shape index (κ3) is 1.44. The molecular weight excluding hydrogens is 142 g/mol. The summed E-state index contributed by atoms with van der Waals surface area (Å²) in [4.78, 5) is 0. The van der Waals surface area contributed by atoms with Crippen molar-refractivity contribution in [3.63, 3.8) is 0 Å². The Morgan fingerprint density at radius 3 is 3.18 bits per heavy atom. The average Bonchev–Trinajstić information content (AvgIpc) is 2.58. The zero-order valence-electron chi connectivity index (χ0n) is 6.25. The molecule has 0 amide bonds. The van der Waals surface area contributed by atoms with Crippen molar-refractivity contribution in [1.82, 2.24) is 5.32 Å². The van der Waals surface area contributed by atoms with Gasteiger partial charge in [0.2, 0.25) is 0 Å². The Hall–Kier alpha value is -0.800. The third-order valence-electron chi connectivity index (χ3n) is 1.84. The van der Waals surface area contributed by atoms with E-state index in [2.05, 4.69) is 5.32 Å².